The molecule has 0 heterocycles. The number of alkyl carbamates (subject to hydrolysis) is 1. The highest BCUT2D eigenvalue weighted by Gasteiger charge is 2.31. The molecule has 2 amide bonds. The van der Waals surface area contributed by atoms with Crippen LogP contribution in [-0.4, -0.2) is 67.7 Å². The Morgan fingerprint density at radius 3 is 2.58 bits per heavy atom. The van der Waals surface area contributed by atoms with Gasteiger partial charge >= 0.3 is 18.0 Å². The van der Waals surface area contributed by atoms with Crippen molar-refractivity contribution in [2.45, 2.75) is 77.0 Å². The third kappa shape index (κ3) is 11.8. The Morgan fingerprint density at radius 1 is 1.16 bits per heavy atom. The Morgan fingerprint density at radius 2 is 1.89 bits per heavy atom. The summed E-state index contributed by atoms with van der Waals surface area (Å²) >= 11 is 5.96. The van der Waals surface area contributed by atoms with Gasteiger partial charge in [-0.2, -0.15) is 0 Å². The molecule has 1 fully saturated rings. The molecule has 1 saturated carbocycles. The van der Waals surface area contributed by atoms with E-state index in [4.69, 9.17) is 31.5 Å². The Bertz CT molecular complexity index is 924. The zero-order chi connectivity index (χ0) is 27.9. The van der Waals surface area contributed by atoms with Gasteiger partial charge in [-0.15, -0.1) is 0 Å². The second-order valence-electron chi connectivity index (χ2n) is 9.54. The quantitative estimate of drug-likeness (QED) is 0.202. The lowest BCUT2D eigenvalue weighted by molar-refractivity contribution is -0.162. The minimum absolute atomic E-state index is 0.0202. The van der Waals surface area contributed by atoms with Crippen LogP contribution in [0.15, 0.2) is 24.3 Å². The number of hydrogen-bond donors (Lipinski definition) is 2. The number of carbonyl (C=O) groups excluding carboxylic acids is 4. The number of halogens is 1. The number of esters is 2. The van der Waals surface area contributed by atoms with Crippen molar-refractivity contribution in [3.63, 3.8) is 0 Å². The highest BCUT2D eigenvalue weighted by Crippen LogP contribution is 2.27. The minimum Gasteiger partial charge on any atom is -0.445 e. The number of nitrogens with two attached hydrogens (primary N) is 1. The van der Waals surface area contributed by atoms with E-state index in [-0.39, 0.29) is 31.3 Å². The third-order valence-corrected chi connectivity index (χ3v) is 6.74. The van der Waals surface area contributed by atoms with E-state index in [9.17, 15) is 19.2 Å². The lowest BCUT2D eigenvalue weighted by atomic mass is 9.85. The average molecular weight is 554 g/mol. The Hall–Kier alpha value is -2.69. The van der Waals surface area contributed by atoms with Crippen LogP contribution in [-0.2, 0) is 35.2 Å². The number of nitrogens with zero attached hydrogens (tertiary/aromatic N) is 1. The topological polar surface area (TPSA) is 137 Å². The molecule has 0 spiro atoms. The average Bonchev–Trinajstić information content (AvgIpc) is 2.90. The standard InChI is InChI=1S/C27H40ClN3O7/c1-3-36-15-14-31(2)24(32)13-12-22(29)25(33)38-26(34)23(17-19-8-5-4-6-9-19)30-27(35)37-18-20-10-7-11-21(28)16-20/h7,10-11,16,19,22-23H,3-6,8-9,12-15,17-18,29H2,1-2H3,(H,30,35)/t22-,23-/m0/s1. The number of amides is 2. The van der Waals surface area contributed by atoms with Gasteiger partial charge in [-0.3, -0.25) is 4.79 Å². The van der Waals surface area contributed by atoms with Crippen molar-refractivity contribution in [2.75, 3.05) is 26.8 Å². The number of hydrogen-bond acceptors (Lipinski definition) is 8. The number of nitrogens with one attached hydrogen (secondary N) is 1. The van der Waals surface area contributed by atoms with E-state index >= 15 is 0 Å². The summed E-state index contributed by atoms with van der Waals surface area (Å²) in [6, 6.07) is 4.66. The molecule has 3 N–H and O–H groups in total. The summed E-state index contributed by atoms with van der Waals surface area (Å²) in [4.78, 5) is 51.6. The van der Waals surface area contributed by atoms with Gasteiger partial charge in [0.1, 0.15) is 18.7 Å². The molecule has 38 heavy (non-hydrogen) atoms. The maximum atomic E-state index is 12.9. The fraction of sp³-hybridized carbons (Fsp3) is 0.630. The Labute approximate surface area is 229 Å². The molecular weight excluding hydrogens is 514 g/mol. The van der Waals surface area contributed by atoms with Gasteiger partial charge in [-0.25, -0.2) is 14.4 Å². The zero-order valence-electron chi connectivity index (χ0n) is 22.3. The van der Waals surface area contributed by atoms with Gasteiger partial charge in [-0.1, -0.05) is 55.8 Å². The summed E-state index contributed by atoms with van der Waals surface area (Å²) in [6.07, 6.45) is 4.64. The summed E-state index contributed by atoms with van der Waals surface area (Å²) in [5.41, 5.74) is 6.59. The molecule has 0 saturated heterocycles. The number of benzene rings is 1. The summed E-state index contributed by atoms with van der Waals surface area (Å²) < 4.78 is 15.5. The zero-order valence-corrected chi connectivity index (χ0v) is 23.0. The lowest BCUT2D eigenvalue weighted by Gasteiger charge is -2.26. The number of likely N-dealkylation sites (N-methyl/N-ethyl adjacent to an activating group) is 1. The van der Waals surface area contributed by atoms with Crippen LogP contribution >= 0.6 is 11.6 Å². The molecule has 0 bridgehead atoms. The van der Waals surface area contributed by atoms with E-state index in [1.165, 1.54) is 4.90 Å². The SMILES string of the molecule is CCOCCN(C)C(=O)CC[C@H](N)C(=O)OC(=O)[C@H](CC1CCCCC1)NC(=O)OCc1cccc(Cl)c1. The maximum Gasteiger partial charge on any atom is 0.408 e. The molecule has 0 unspecified atom stereocenters. The number of carbonyl (C=O) groups is 4. The van der Waals surface area contributed by atoms with Crippen LogP contribution in [0.4, 0.5) is 4.79 Å². The van der Waals surface area contributed by atoms with Gasteiger partial charge in [0, 0.05) is 31.6 Å². The predicted octanol–water partition coefficient (Wildman–Crippen LogP) is 3.58. The third-order valence-electron chi connectivity index (χ3n) is 6.50. The second-order valence-corrected chi connectivity index (χ2v) is 9.98. The molecule has 1 aromatic rings. The van der Waals surface area contributed by atoms with Crippen LogP contribution in [0.2, 0.25) is 5.02 Å². The van der Waals surface area contributed by atoms with Crippen molar-refractivity contribution >= 4 is 35.5 Å². The van der Waals surface area contributed by atoms with Gasteiger partial charge in [0.15, 0.2) is 0 Å². The van der Waals surface area contributed by atoms with Crippen LogP contribution in [0.5, 0.6) is 0 Å². The molecule has 0 aliphatic heterocycles. The monoisotopic (exact) mass is 553 g/mol. The molecule has 1 aromatic carbocycles. The molecule has 1 aliphatic rings. The van der Waals surface area contributed by atoms with Crippen molar-refractivity contribution in [3.8, 4) is 0 Å². The van der Waals surface area contributed by atoms with E-state index in [1.54, 1.807) is 31.3 Å². The van der Waals surface area contributed by atoms with Crippen molar-refractivity contribution < 1.29 is 33.4 Å². The fourth-order valence-corrected chi connectivity index (χ4v) is 4.45. The molecule has 0 aromatic heterocycles. The van der Waals surface area contributed by atoms with Gasteiger partial charge in [0.25, 0.3) is 0 Å². The first-order valence-corrected chi connectivity index (χ1v) is 13.6. The van der Waals surface area contributed by atoms with Gasteiger partial charge in [-0.05, 0) is 43.4 Å². The van der Waals surface area contributed by atoms with E-state index in [0.29, 0.717) is 36.8 Å². The molecule has 0 radical (unpaired) electrons. The van der Waals surface area contributed by atoms with Crippen molar-refractivity contribution in [1.29, 1.82) is 0 Å². The van der Waals surface area contributed by atoms with Crippen molar-refractivity contribution in [2.24, 2.45) is 11.7 Å². The van der Waals surface area contributed by atoms with Gasteiger partial charge < -0.3 is 30.2 Å². The largest absolute Gasteiger partial charge is 0.445 e. The molecular formula is C27H40ClN3O7. The number of rotatable bonds is 14. The highest BCUT2D eigenvalue weighted by atomic mass is 35.5. The van der Waals surface area contributed by atoms with Crippen LogP contribution < -0.4 is 11.1 Å². The van der Waals surface area contributed by atoms with Crippen LogP contribution in [0.1, 0.15) is 63.9 Å². The second kappa shape index (κ2) is 17.0. The first-order valence-electron chi connectivity index (χ1n) is 13.2. The smallest absolute Gasteiger partial charge is 0.408 e. The fourth-order valence-electron chi connectivity index (χ4n) is 4.23. The summed E-state index contributed by atoms with van der Waals surface area (Å²) in [5.74, 6) is -1.82. The maximum absolute atomic E-state index is 12.9. The van der Waals surface area contributed by atoms with E-state index in [0.717, 1.165) is 32.1 Å². The van der Waals surface area contributed by atoms with E-state index in [2.05, 4.69) is 5.32 Å². The molecule has 2 rings (SSSR count). The first kappa shape index (κ1) is 31.5. The van der Waals surface area contributed by atoms with Crippen LogP contribution in [0, 0.1) is 5.92 Å². The molecule has 11 heteroatoms. The first-order chi connectivity index (χ1) is 18.2. The molecule has 10 nitrogen and oxygen atoms in total. The van der Waals surface area contributed by atoms with Crippen LogP contribution in [0.25, 0.3) is 0 Å². The van der Waals surface area contributed by atoms with Crippen molar-refractivity contribution in [3.05, 3.63) is 34.9 Å². The lowest BCUT2D eigenvalue weighted by Crippen LogP contribution is -2.46. The molecule has 1 aliphatic carbocycles. The Balaban J connectivity index is 1.89. The number of ether oxygens (including phenoxy) is 3. The molecule has 212 valence electrons. The van der Waals surface area contributed by atoms with E-state index in [1.807, 2.05) is 6.92 Å². The normalized spacial score (nSPS) is 15.3. The summed E-state index contributed by atoms with van der Waals surface area (Å²) in [7, 11) is 1.64. The Kier molecular flexibility index (Phi) is 14.1. The minimum atomic E-state index is -1.16. The molecule has 2 atom stereocenters. The van der Waals surface area contributed by atoms with Crippen molar-refractivity contribution in [1.82, 2.24) is 10.2 Å². The van der Waals surface area contributed by atoms with Gasteiger partial charge in [0.05, 0.1) is 6.61 Å². The van der Waals surface area contributed by atoms with Gasteiger partial charge in [0.2, 0.25) is 5.91 Å². The van der Waals surface area contributed by atoms with E-state index < -0.39 is 30.1 Å². The summed E-state index contributed by atoms with van der Waals surface area (Å²) in [6.45, 7) is 3.23. The highest BCUT2D eigenvalue weighted by molar-refractivity contribution is 6.30. The predicted molar refractivity (Wildman–Crippen MR) is 142 cm³/mol. The van der Waals surface area contributed by atoms with Crippen LogP contribution in [0.3, 0.4) is 0 Å². The summed E-state index contributed by atoms with van der Waals surface area (Å²) in [5, 5.41) is 3.06.